The number of aromatic nitrogens is 1. The molecule has 0 saturated heterocycles. The summed E-state index contributed by atoms with van der Waals surface area (Å²) in [5.74, 6) is 0.938. The maximum Gasteiger partial charge on any atom is 0.129 e. The predicted octanol–water partition coefficient (Wildman–Crippen LogP) is 4.59. The number of pyridine rings is 1. The van der Waals surface area contributed by atoms with Crippen LogP contribution in [0.15, 0.2) is 32.7 Å². The Labute approximate surface area is 115 Å². The number of rotatable bonds is 3. The molecule has 0 saturated carbocycles. The topological polar surface area (TPSA) is 24.9 Å². The van der Waals surface area contributed by atoms with Crippen LogP contribution in [0, 0.1) is 6.92 Å². The normalized spacial score (nSPS) is 10.4. The number of thiophene rings is 1. The highest BCUT2D eigenvalue weighted by Crippen LogP contribution is 2.22. The summed E-state index contributed by atoms with van der Waals surface area (Å²) in [6.45, 7) is 2.86. The molecule has 0 unspecified atom stereocenters. The summed E-state index contributed by atoms with van der Waals surface area (Å²) < 4.78 is 2.14. The molecule has 0 amide bonds. The second-order valence-corrected chi connectivity index (χ2v) is 6.23. The van der Waals surface area contributed by atoms with Gasteiger partial charge in [-0.3, -0.25) is 0 Å². The van der Waals surface area contributed by atoms with Crippen molar-refractivity contribution < 1.29 is 0 Å². The number of hydrogen-bond acceptors (Lipinski definition) is 3. The number of hydrogen-bond donors (Lipinski definition) is 1. The lowest BCUT2D eigenvalue weighted by atomic mass is 10.3. The van der Waals surface area contributed by atoms with E-state index in [0.29, 0.717) is 0 Å². The van der Waals surface area contributed by atoms with E-state index in [1.807, 2.05) is 6.92 Å². The zero-order valence-corrected chi connectivity index (χ0v) is 12.6. The summed E-state index contributed by atoms with van der Waals surface area (Å²) in [5.41, 5.74) is 1.14. The van der Waals surface area contributed by atoms with Crippen LogP contribution in [0.2, 0.25) is 0 Å². The van der Waals surface area contributed by atoms with E-state index in [-0.39, 0.29) is 0 Å². The van der Waals surface area contributed by atoms with Crippen molar-refractivity contribution >= 4 is 49.0 Å². The predicted molar refractivity (Wildman–Crippen MR) is 76.0 cm³/mol. The van der Waals surface area contributed by atoms with Gasteiger partial charge in [0.1, 0.15) is 5.82 Å². The number of nitrogens with zero attached hydrogens (tertiary/aromatic N) is 1. The molecule has 0 aromatic carbocycles. The molecule has 2 heterocycles. The second-order valence-electron chi connectivity index (χ2n) is 3.40. The minimum atomic E-state index is 0.811. The molecule has 5 heteroatoms. The molecule has 1 N–H and O–H groups in total. The van der Waals surface area contributed by atoms with Crippen LogP contribution < -0.4 is 5.32 Å². The lowest BCUT2D eigenvalue weighted by molar-refractivity contribution is 1.12. The maximum absolute atomic E-state index is 4.33. The van der Waals surface area contributed by atoms with Crippen LogP contribution in [-0.4, -0.2) is 4.98 Å². The molecule has 0 fully saturated rings. The van der Waals surface area contributed by atoms with Crippen LogP contribution >= 0.6 is 43.2 Å². The zero-order chi connectivity index (χ0) is 11.5. The minimum absolute atomic E-state index is 0.811. The minimum Gasteiger partial charge on any atom is -0.365 e. The van der Waals surface area contributed by atoms with Crippen molar-refractivity contribution in [2.75, 3.05) is 5.32 Å². The highest BCUT2D eigenvalue weighted by molar-refractivity contribution is 9.10. The summed E-state index contributed by atoms with van der Waals surface area (Å²) in [6, 6.07) is 4.17. The van der Waals surface area contributed by atoms with Crippen molar-refractivity contribution in [1.29, 1.82) is 0 Å². The molecule has 2 aromatic heterocycles. The maximum atomic E-state index is 4.33. The molecule has 2 rings (SSSR count). The first-order valence-corrected chi connectivity index (χ1v) is 7.20. The summed E-state index contributed by atoms with van der Waals surface area (Å²) in [6.07, 6.45) is 1.81. The fourth-order valence-corrected chi connectivity index (χ4v) is 3.18. The molecule has 0 bridgehead atoms. The van der Waals surface area contributed by atoms with E-state index in [1.54, 1.807) is 17.5 Å². The van der Waals surface area contributed by atoms with E-state index in [0.717, 1.165) is 26.9 Å². The zero-order valence-electron chi connectivity index (χ0n) is 8.63. The third kappa shape index (κ3) is 3.06. The molecule has 16 heavy (non-hydrogen) atoms. The van der Waals surface area contributed by atoms with Crippen molar-refractivity contribution in [3.05, 3.63) is 43.1 Å². The summed E-state index contributed by atoms with van der Waals surface area (Å²) >= 11 is 8.58. The molecule has 0 spiro atoms. The van der Waals surface area contributed by atoms with E-state index < -0.39 is 0 Å². The van der Waals surface area contributed by atoms with Gasteiger partial charge in [-0.15, -0.1) is 11.3 Å². The van der Waals surface area contributed by atoms with E-state index in [9.17, 15) is 0 Å². The summed E-state index contributed by atoms with van der Waals surface area (Å²) in [5, 5.41) is 5.41. The molecule has 0 radical (unpaired) electrons. The third-order valence-corrected chi connectivity index (χ3v) is 4.23. The van der Waals surface area contributed by atoms with Gasteiger partial charge in [-0.05, 0) is 56.5 Å². The Bertz CT molecular complexity index is 496. The van der Waals surface area contributed by atoms with Crippen LogP contribution in [0.25, 0.3) is 0 Å². The van der Waals surface area contributed by atoms with Crippen molar-refractivity contribution in [3.63, 3.8) is 0 Å². The van der Waals surface area contributed by atoms with Crippen LogP contribution in [0.4, 0.5) is 5.82 Å². The lowest BCUT2D eigenvalue weighted by Gasteiger charge is -2.07. The van der Waals surface area contributed by atoms with Gasteiger partial charge < -0.3 is 5.32 Å². The van der Waals surface area contributed by atoms with E-state index in [1.165, 1.54) is 4.88 Å². The molecule has 84 valence electrons. The quantitative estimate of drug-likeness (QED) is 0.864. The molecular weight excluding hydrogens is 352 g/mol. The lowest BCUT2D eigenvalue weighted by Crippen LogP contribution is -2.01. The molecular formula is C11H10Br2N2S. The van der Waals surface area contributed by atoms with E-state index >= 15 is 0 Å². The number of nitrogens with one attached hydrogen (secondary N) is 1. The standard InChI is InChI=1S/C11H10Br2N2S/c1-7-2-8(12)4-14-11(7)15-5-10-3-9(13)6-16-10/h2-4,6H,5H2,1H3,(H,14,15). The van der Waals surface area contributed by atoms with E-state index in [4.69, 9.17) is 0 Å². The molecule has 2 aromatic rings. The van der Waals surface area contributed by atoms with Crippen LogP contribution in [0.1, 0.15) is 10.4 Å². The van der Waals surface area contributed by atoms with Gasteiger partial charge in [0.2, 0.25) is 0 Å². The fourth-order valence-electron chi connectivity index (χ4n) is 1.34. The Morgan fingerprint density at radius 2 is 2.12 bits per heavy atom. The van der Waals surface area contributed by atoms with Crippen LogP contribution in [0.3, 0.4) is 0 Å². The molecule has 0 aliphatic rings. The average molecular weight is 362 g/mol. The van der Waals surface area contributed by atoms with Gasteiger partial charge >= 0.3 is 0 Å². The highest BCUT2D eigenvalue weighted by atomic mass is 79.9. The Hall–Kier alpha value is -0.390. The Morgan fingerprint density at radius 3 is 2.75 bits per heavy atom. The van der Waals surface area contributed by atoms with Gasteiger partial charge in [0.25, 0.3) is 0 Å². The first-order valence-electron chi connectivity index (χ1n) is 4.74. The van der Waals surface area contributed by atoms with Crippen LogP contribution in [0.5, 0.6) is 0 Å². The summed E-state index contributed by atoms with van der Waals surface area (Å²) in [4.78, 5) is 5.62. The first-order chi connectivity index (χ1) is 7.65. The van der Waals surface area contributed by atoms with Crippen molar-refractivity contribution in [2.45, 2.75) is 13.5 Å². The Balaban J connectivity index is 2.04. The average Bonchev–Trinajstić information content (AvgIpc) is 2.63. The second kappa shape index (κ2) is 5.29. The smallest absolute Gasteiger partial charge is 0.129 e. The summed E-state index contributed by atoms with van der Waals surface area (Å²) in [7, 11) is 0. The third-order valence-electron chi connectivity index (χ3n) is 2.10. The SMILES string of the molecule is Cc1cc(Br)cnc1NCc1cc(Br)cs1. The van der Waals surface area contributed by atoms with Gasteiger partial charge in [-0.25, -0.2) is 4.98 Å². The number of anilines is 1. The molecule has 0 atom stereocenters. The Kier molecular flexibility index (Phi) is 4.00. The van der Waals surface area contributed by atoms with Crippen LogP contribution in [-0.2, 0) is 6.54 Å². The van der Waals surface area contributed by atoms with Gasteiger partial charge in [0.05, 0.1) is 6.54 Å². The van der Waals surface area contributed by atoms with Crippen molar-refractivity contribution in [1.82, 2.24) is 4.98 Å². The molecule has 2 nitrogen and oxygen atoms in total. The van der Waals surface area contributed by atoms with Crippen molar-refractivity contribution in [3.8, 4) is 0 Å². The van der Waals surface area contributed by atoms with E-state index in [2.05, 4.69) is 59.7 Å². The van der Waals surface area contributed by atoms with Crippen molar-refractivity contribution in [2.24, 2.45) is 0 Å². The number of halogens is 2. The van der Waals surface area contributed by atoms with Gasteiger partial charge in [0.15, 0.2) is 0 Å². The van der Waals surface area contributed by atoms with Gasteiger partial charge in [-0.1, -0.05) is 0 Å². The Morgan fingerprint density at radius 1 is 1.31 bits per heavy atom. The number of aryl methyl sites for hydroxylation is 1. The molecule has 0 aliphatic carbocycles. The monoisotopic (exact) mass is 360 g/mol. The largest absolute Gasteiger partial charge is 0.365 e. The van der Waals surface area contributed by atoms with Gasteiger partial charge in [0, 0.05) is 25.4 Å². The fraction of sp³-hybridized carbons (Fsp3) is 0.182. The first kappa shape index (κ1) is 12.1. The molecule has 0 aliphatic heterocycles. The highest BCUT2D eigenvalue weighted by Gasteiger charge is 2.02. The van der Waals surface area contributed by atoms with Gasteiger partial charge in [-0.2, -0.15) is 0 Å².